The Labute approximate surface area is 153 Å². The molecule has 138 valence electrons. The van der Waals surface area contributed by atoms with E-state index in [9.17, 15) is 14.4 Å². The van der Waals surface area contributed by atoms with Crippen molar-refractivity contribution < 1.29 is 14.4 Å². The van der Waals surface area contributed by atoms with E-state index in [0.717, 1.165) is 25.7 Å². The van der Waals surface area contributed by atoms with Crippen molar-refractivity contribution in [2.24, 2.45) is 5.92 Å². The fraction of sp³-hybridized carbons (Fsp3) is 0.550. The number of rotatable bonds is 5. The molecule has 1 heterocycles. The third-order valence-corrected chi connectivity index (χ3v) is 5.60. The van der Waals surface area contributed by atoms with E-state index in [-0.39, 0.29) is 30.1 Å². The van der Waals surface area contributed by atoms with E-state index < -0.39 is 0 Å². The van der Waals surface area contributed by atoms with Gasteiger partial charge in [0, 0.05) is 36.3 Å². The van der Waals surface area contributed by atoms with Crippen LogP contribution in [0.4, 0.5) is 5.69 Å². The molecule has 0 spiro atoms. The Morgan fingerprint density at radius 1 is 1.08 bits per heavy atom. The zero-order valence-corrected chi connectivity index (χ0v) is 14.9. The molecule has 26 heavy (non-hydrogen) atoms. The molecule has 6 heteroatoms. The molecular weight excluding hydrogens is 330 g/mol. The Balaban J connectivity index is 1.37. The molecule has 1 unspecified atom stereocenters. The van der Waals surface area contributed by atoms with Crippen LogP contribution in [0.2, 0.25) is 0 Å². The van der Waals surface area contributed by atoms with E-state index in [2.05, 4.69) is 10.6 Å². The Hall–Kier alpha value is -2.37. The summed E-state index contributed by atoms with van der Waals surface area (Å²) in [6, 6.07) is 7.59. The van der Waals surface area contributed by atoms with Gasteiger partial charge in [-0.05, 0) is 43.9 Å². The molecule has 0 bridgehead atoms. The summed E-state index contributed by atoms with van der Waals surface area (Å²) < 4.78 is 0. The fourth-order valence-electron chi connectivity index (χ4n) is 3.96. The highest BCUT2D eigenvalue weighted by atomic mass is 16.2. The zero-order chi connectivity index (χ0) is 18.1. The predicted octanol–water partition coefficient (Wildman–Crippen LogP) is 2.31. The number of nitrogens with one attached hydrogen (secondary N) is 2. The van der Waals surface area contributed by atoms with E-state index in [0.29, 0.717) is 29.9 Å². The van der Waals surface area contributed by atoms with Gasteiger partial charge in [0.2, 0.25) is 11.8 Å². The minimum Gasteiger partial charge on any atom is -0.349 e. The van der Waals surface area contributed by atoms with Gasteiger partial charge in [0.05, 0.1) is 5.92 Å². The van der Waals surface area contributed by atoms with Crippen molar-refractivity contribution in [3.8, 4) is 0 Å². The maximum absolute atomic E-state index is 12.6. The fourth-order valence-corrected chi connectivity index (χ4v) is 3.96. The Bertz CT molecular complexity index is 723. The van der Waals surface area contributed by atoms with E-state index >= 15 is 0 Å². The number of hydrogen-bond donors (Lipinski definition) is 2. The van der Waals surface area contributed by atoms with Crippen molar-refractivity contribution in [3.05, 3.63) is 29.8 Å². The third-order valence-electron chi connectivity index (χ3n) is 5.60. The van der Waals surface area contributed by atoms with Crippen molar-refractivity contribution >= 4 is 23.4 Å². The molecule has 1 aromatic carbocycles. The molecule has 1 aromatic rings. The first-order valence-electron chi connectivity index (χ1n) is 9.61. The molecule has 1 aliphatic heterocycles. The van der Waals surface area contributed by atoms with Crippen LogP contribution < -0.4 is 10.6 Å². The monoisotopic (exact) mass is 355 g/mol. The minimum absolute atomic E-state index is 0.0922. The van der Waals surface area contributed by atoms with E-state index in [1.807, 2.05) is 4.90 Å². The maximum atomic E-state index is 12.6. The standard InChI is InChI=1S/C20H25N3O3/c24-18-11-14(12-23(18)17-6-1-2-7-17)20(26)22-16-5-3-4-13(10-16)19(25)21-15-8-9-15/h3-5,10,14-15,17H,1-2,6-9,11-12H2,(H,21,25)(H,22,26). The van der Waals surface area contributed by atoms with Crippen LogP contribution in [-0.4, -0.2) is 41.2 Å². The van der Waals surface area contributed by atoms with Crippen LogP contribution in [0.25, 0.3) is 0 Å². The second kappa shape index (κ2) is 7.09. The Morgan fingerprint density at radius 3 is 2.58 bits per heavy atom. The molecule has 3 fully saturated rings. The van der Waals surface area contributed by atoms with Gasteiger partial charge in [0.15, 0.2) is 0 Å². The second-order valence-corrected chi connectivity index (χ2v) is 7.70. The third kappa shape index (κ3) is 3.74. The number of nitrogens with zero attached hydrogens (tertiary/aromatic N) is 1. The molecule has 6 nitrogen and oxygen atoms in total. The Kier molecular flexibility index (Phi) is 4.66. The van der Waals surface area contributed by atoms with Crippen molar-refractivity contribution in [2.75, 3.05) is 11.9 Å². The SMILES string of the molecule is O=C(NC1CC1)c1cccc(NC(=O)C2CC(=O)N(C3CCCC3)C2)c1. The van der Waals surface area contributed by atoms with Crippen molar-refractivity contribution in [1.29, 1.82) is 0 Å². The van der Waals surface area contributed by atoms with Crippen molar-refractivity contribution in [3.63, 3.8) is 0 Å². The second-order valence-electron chi connectivity index (χ2n) is 7.70. The van der Waals surface area contributed by atoms with Gasteiger partial charge in [-0.25, -0.2) is 0 Å². The predicted molar refractivity (Wildman–Crippen MR) is 97.6 cm³/mol. The van der Waals surface area contributed by atoms with Gasteiger partial charge in [0.25, 0.3) is 5.91 Å². The maximum Gasteiger partial charge on any atom is 0.251 e. The van der Waals surface area contributed by atoms with Crippen LogP contribution in [-0.2, 0) is 9.59 Å². The lowest BCUT2D eigenvalue weighted by Gasteiger charge is -2.23. The Morgan fingerprint density at radius 2 is 1.85 bits per heavy atom. The van der Waals surface area contributed by atoms with Crippen LogP contribution >= 0.6 is 0 Å². The number of amides is 3. The van der Waals surface area contributed by atoms with Gasteiger partial charge in [-0.3, -0.25) is 14.4 Å². The normalized spacial score (nSPS) is 23.3. The lowest BCUT2D eigenvalue weighted by atomic mass is 10.1. The van der Waals surface area contributed by atoms with Crippen LogP contribution in [0, 0.1) is 5.92 Å². The molecule has 3 amide bonds. The summed E-state index contributed by atoms with van der Waals surface area (Å²) in [4.78, 5) is 38.9. The molecule has 2 N–H and O–H groups in total. The average molecular weight is 355 g/mol. The molecule has 1 saturated heterocycles. The first-order valence-corrected chi connectivity index (χ1v) is 9.61. The lowest BCUT2D eigenvalue weighted by molar-refractivity contribution is -0.129. The van der Waals surface area contributed by atoms with E-state index in [1.54, 1.807) is 24.3 Å². The number of likely N-dealkylation sites (tertiary alicyclic amines) is 1. The molecule has 0 aromatic heterocycles. The average Bonchev–Trinajstić information content (AvgIpc) is 3.12. The molecule has 2 saturated carbocycles. The van der Waals surface area contributed by atoms with Gasteiger partial charge < -0.3 is 15.5 Å². The molecule has 2 aliphatic carbocycles. The summed E-state index contributed by atoms with van der Waals surface area (Å²) in [5.41, 5.74) is 1.15. The summed E-state index contributed by atoms with van der Waals surface area (Å²) >= 11 is 0. The molecule has 3 aliphatic rings. The van der Waals surface area contributed by atoms with Crippen LogP contribution in [0.3, 0.4) is 0 Å². The summed E-state index contributed by atoms with van der Waals surface area (Å²) in [5.74, 6) is -0.465. The number of anilines is 1. The smallest absolute Gasteiger partial charge is 0.251 e. The first kappa shape index (κ1) is 17.1. The van der Waals surface area contributed by atoms with E-state index in [1.165, 1.54) is 12.8 Å². The topological polar surface area (TPSA) is 78.5 Å². The minimum atomic E-state index is -0.313. The van der Waals surface area contributed by atoms with Crippen molar-refractivity contribution in [2.45, 2.75) is 57.0 Å². The zero-order valence-electron chi connectivity index (χ0n) is 14.9. The van der Waals surface area contributed by atoms with Crippen LogP contribution in [0.5, 0.6) is 0 Å². The number of hydrogen-bond acceptors (Lipinski definition) is 3. The van der Waals surface area contributed by atoms with Gasteiger partial charge in [-0.2, -0.15) is 0 Å². The largest absolute Gasteiger partial charge is 0.349 e. The summed E-state index contributed by atoms with van der Waals surface area (Å²) in [6.07, 6.45) is 6.80. The molecular formula is C20H25N3O3. The molecule has 4 rings (SSSR count). The quantitative estimate of drug-likeness (QED) is 0.851. The first-order chi connectivity index (χ1) is 12.6. The molecule has 1 atom stereocenters. The van der Waals surface area contributed by atoms with Crippen molar-refractivity contribution in [1.82, 2.24) is 10.2 Å². The molecule has 0 radical (unpaired) electrons. The van der Waals surface area contributed by atoms with E-state index in [4.69, 9.17) is 0 Å². The summed E-state index contributed by atoms with van der Waals surface area (Å²) in [5, 5.41) is 5.83. The highest BCUT2D eigenvalue weighted by molar-refractivity contribution is 5.99. The lowest BCUT2D eigenvalue weighted by Crippen LogP contribution is -2.35. The van der Waals surface area contributed by atoms with Crippen LogP contribution in [0.15, 0.2) is 24.3 Å². The van der Waals surface area contributed by atoms with Gasteiger partial charge in [-0.1, -0.05) is 18.9 Å². The summed E-state index contributed by atoms with van der Waals surface area (Å²) in [7, 11) is 0. The highest BCUT2D eigenvalue weighted by Crippen LogP contribution is 2.30. The van der Waals surface area contributed by atoms with Crippen LogP contribution in [0.1, 0.15) is 55.3 Å². The number of carbonyl (C=O) groups is 3. The number of benzene rings is 1. The van der Waals surface area contributed by atoms with Gasteiger partial charge >= 0.3 is 0 Å². The highest BCUT2D eigenvalue weighted by Gasteiger charge is 2.38. The number of carbonyl (C=O) groups excluding carboxylic acids is 3. The summed E-state index contributed by atoms with van der Waals surface area (Å²) in [6.45, 7) is 0.511. The van der Waals surface area contributed by atoms with Gasteiger partial charge in [-0.15, -0.1) is 0 Å². The van der Waals surface area contributed by atoms with Gasteiger partial charge in [0.1, 0.15) is 0 Å².